The molecule has 4 rings (SSSR count). The van der Waals surface area contributed by atoms with Gasteiger partial charge in [0.25, 0.3) is 5.91 Å². The molecule has 0 bridgehead atoms. The van der Waals surface area contributed by atoms with Gasteiger partial charge in [0, 0.05) is 30.9 Å². The summed E-state index contributed by atoms with van der Waals surface area (Å²) in [4.78, 5) is 38.7. The minimum Gasteiger partial charge on any atom is -0.484 e. The highest BCUT2D eigenvalue weighted by molar-refractivity contribution is 6.00. The van der Waals surface area contributed by atoms with Gasteiger partial charge in [0.2, 0.25) is 11.8 Å². The number of hydrogen-bond acceptors (Lipinski definition) is 4. The molecule has 174 valence electrons. The predicted octanol–water partition coefficient (Wildman–Crippen LogP) is 3.42. The first-order valence-electron chi connectivity index (χ1n) is 11.3. The lowest BCUT2D eigenvalue weighted by Crippen LogP contribution is -2.34. The Balaban J connectivity index is 1.24. The van der Waals surface area contributed by atoms with Crippen molar-refractivity contribution in [1.29, 1.82) is 0 Å². The summed E-state index contributed by atoms with van der Waals surface area (Å²) in [5, 5.41) is 5.70. The molecule has 1 saturated heterocycles. The lowest BCUT2D eigenvalue weighted by molar-refractivity contribution is -0.126. The summed E-state index contributed by atoms with van der Waals surface area (Å²) in [7, 11) is 0. The lowest BCUT2D eigenvalue weighted by atomic mass is 10.1. The van der Waals surface area contributed by atoms with Crippen LogP contribution in [0.25, 0.3) is 0 Å². The predicted molar refractivity (Wildman–Crippen MR) is 131 cm³/mol. The van der Waals surface area contributed by atoms with Crippen molar-refractivity contribution >= 4 is 29.1 Å². The van der Waals surface area contributed by atoms with Crippen molar-refractivity contribution in [3.05, 3.63) is 90.5 Å². The summed E-state index contributed by atoms with van der Waals surface area (Å²) < 4.78 is 5.54. The maximum absolute atomic E-state index is 12.5. The zero-order valence-corrected chi connectivity index (χ0v) is 18.8. The van der Waals surface area contributed by atoms with Crippen molar-refractivity contribution in [2.24, 2.45) is 5.92 Å². The summed E-state index contributed by atoms with van der Waals surface area (Å²) >= 11 is 0. The third-order valence-electron chi connectivity index (χ3n) is 5.63. The number of ether oxygens (including phenoxy) is 1. The maximum Gasteiger partial charge on any atom is 0.262 e. The molecule has 1 atom stereocenters. The summed E-state index contributed by atoms with van der Waals surface area (Å²) in [6, 6.07) is 26.1. The van der Waals surface area contributed by atoms with Crippen LogP contribution >= 0.6 is 0 Å². The molecule has 3 aromatic rings. The molecule has 7 heteroatoms. The highest BCUT2D eigenvalue weighted by Crippen LogP contribution is 2.27. The van der Waals surface area contributed by atoms with Gasteiger partial charge in [-0.25, -0.2) is 0 Å². The minimum absolute atomic E-state index is 0.0842. The van der Waals surface area contributed by atoms with Gasteiger partial charge in [-0.3, -0.25) is 14.4 Å². The van der Waals surface area contributed by atoms with E-state index >= 15 is 0 Å². The van der Waals surface area contributed by atoms with E-state index in [2.05, 4.69) is 10.6 Å². The van der Waals surface area contributed by atoms with Gasteiger partial charge >= 0.3 is 0 Å². The molecule has 0 radical (unpaired) electrons. The first-order valence-corrected chi connectivity index (χ1v) is 11.3. The van der Waals surface area contributed by atoms with Gasteiger partial charge in [-0.15, -0.1) is 0 Å². The number of nitrogens with one attached hydrogen (secondary N) is 2. The highest BCUT2D eigenvalue weighted by atomic mass is 16.5. The van der Waals surface area contributed by atoms with E-state index < -0.39 is 0 Å². The molecule has 34 heavy (non-hydrogen) atoms. The third-order valence-corrected chi connectivity index (χ3v) is 5.63. The highest BCUT2D eigenvalue weighted by Gasteiger charge is 2.34. The zero-order chi connectivity index (χ0) is 23.8. The Morgan fingerprint density at radius 3 is 2.29 bits per heavy atom. The van der Waals surface area contributed by atoms with Gasteiger partial charge < -0.3 is 20.3 Å². The third kappa shape index (κ3) is 6.22. The van der Waals surface area contributed by atoms with Gasteiger partial charge in [0.15, 0.2) is 6.61 Å². The number of anilines is 2. The molecule has 0 unspecified atom stereocenters. The standard InChI is InChI=1S/C27H27N3O4/c31-25(29-22-9-5-2-6-10-22)19-34-24-13-11-23(12-14-24)30-18-21(17-26(30)32)27(33)28-16-15-20-7-3-1-4-8-20/h1-14,21H,15-19H2,(H,28,33)(H,29,31)/t21-/m0/s1. The Labute approximate surface area is 198 Å². The smallest absolute Gasteiger partial charge is 0.262 e. The van der Waals surface area contributed by atoms with E-state index in [1.165, 1.54) is 0 Å². The van der Waals surface area contributed by atoms with Crippen LogP contribution in [0.2, 0.25) is 0 Å². The molecule has 0 spiro atoms. The monoisotopic (exact) mass is 457 g/mol. The van der Waals surface area contributed by atoms with Crippen molar-refractivity contribution < 1.29 is 19.1 Å². The molecule has 1 heterocycles. The largest absolute Gasteiger partial charge is 0.484 e. The maximum atomic E-state index is 12.5. The van der Waals surface area contributed by atoms with Gasteiger partial charge in [-0.2, -0.15) is 0 Å². The molecule has 0 aromatic heterocycles. The molecule has 1 fully saturated rings. The van der Waals surface area contributed by atoms with Crippen molar-refractivity contribution in [3.8, 4) is 5.75 Å². The molecule has 1 aliphatic rings. The first kappa shape index (κ1) is 23.0. The van der Waals surface area contributed by atoms with E-state index in [4.69, 9.17) is 4.74 Å². The number of amides is 3. The number of hydrogen-bond donors (Lipinski definition) is 2. The Morgan fingerprint density at radius 1 is 0.912 bits per heavy atom. The van der Waals surface area contributed by atoms with E-state index in [1.54, 1.807) is 41.3 Å². The van der Waals surface area contributed by atoms with Crippen LogP contribution in [0.5, 0.6) is 5.75 Å². The van der Waals surface area contributed by atoms with Crippen LogP contribution in [0.4, 0.5) is 11.4 Å². The van der Waals surface area contributed by atoms with Crippen LogP contribution < -0.4 is 20.3 Å². The number of rotatable bonds is 9. The molecular formula is C27H27N3O4. The molecule has 3 amide bonds. The number of carbonyl (C=O) groups excluding carboxylic acids is 3. The van der Waals surface area contributed by atoms with Crippen LogP contribution in [0, 0.1) is 5.92 Å². The van der Waals surface area contributed by atoms with Gasteiger partial charge in [-0.1, -0.05) is 48.5 Å². The quantitative estimate of drug-likeness (QED) is 0.516. The summed E-state index contributed by atoms with van der Waals surface area (Å²) in [6.07, 6.45) is 0.941. The number of para-hydroxylation sites is 1. The van der Waals surface area contributed by atoms with Gasteiger partial charge in [-0.05, 0) is 48.4 Å². The zero-order valence-electron chi connectivity index (χ0n) is 18.8. The molecule has 0 saturated carbocycles. The van der Waals surface area contributed by atoms with Gasteiger partial charge in [0.05, 0.1) is 5.92 Å². The van der Waals surface area contributed by atoms with Gasteiger partial charge in [0.1, 0.15) is 5.75 Å². The van der Waals surface area contributed by atoms with Crippen LogP contribution in [-0.4, -0.2) is 37.4 Å². The summed E-state index contributed by atoms with van der Waals surface area (Å²) in [5.41, 5.74) is 2.56. The second-order valence-electron chi connectivity index (χ2n) is 8.13. The van der Waals surface area contributed by atoms with E-state index in [1.807, 2.05) is 48.5 Å². The molecule has 7 nitrogen and oxygen atoms in total. The summed E-state index contributed by atoms with van der Waals surface area (Å²) in [5.74, 6) is -0.295. The first-order chi connectivity index (χ1) is 16.6. The molecule has 3 aromatic carbocycles. The molecule has 0 aliphatic carbocycles. The van der Waals surface area contributed by atoms with E-state index in [0.717, 1.165) is 12.0 Å². The van der Waals surface area contributed by atoms with E-state index in [0.29, 0.717) is 30.2 Å². The second-order valence-corrected chi connectivity index (χ2v) is 8.13. The van der Waals surface area contributed by atoms with Crippen LogP contribution in [0.15, 0.2) is 84.9 Å². The van der Waals surface area contributed by atoms with Crippen molar-refractivity contribution in [2.45, 2.75) is 12.8 Å². The van der Waals surface area contributed by atoms with Crippen LogP contribution in [-0.2, 0) is 20.8 Å². The number of carbonyl (C=O) groups is 3. The molecule has 1 aliphatic heterocycles. The Hall–Kier alpha value is -4.13. The average Bonchev–Trinajstić information content (AvgIpc) is 3.26. The lowest BCUT2D eigenvalue weighted by Gasteiger charge is -2.17. The molecular weight excluding hydrogens is 430 g/mol. The Kier molecular flexibility index (Phi) is 7.55. The van der Waals surface area contributed by atoms with E-state index in [-0.39, 0.29) is 36.7 Å². The fourth-order valence-electron chi connectivity index (χ4n) is 3.84. The van der Waals surface area contributed by atoms with Crippen molar-refractivity contribution in [1.82, 2.24) is 5.32 Å². The fraction of sp³-hybridized carbons (Fsp3) is 0.222. The molecule has 2 N–H and O–H groups in total. The number of nitrogens with zero attached hydrogens (tertiary/aromatic N) is 1. The topological polar surface area (TPSA) is 87.7 Å². The summed E-state index contributed by atoms with van der Waals surface area (Å²) in [6.45, 7) is 0.759. The van der Waals surface area contributed by atoms with Crippen LogP contribution in [0.3, 0.4) is 0 Å². The van der Waals surface area contributed by atoms with E-state index in [9.17, 15) is 14.4 Å². The fourth-order valence-corrected chi connectivity index (χ4v) is 3.84. The Morgan fingerprint density at radius 2 is 1.59 bits per heavy atom. The van der Waals surface area contributed by atoms with Crippen molar-refractivity contribution in [3.63, 3.8) is 0 Å². The number of benzene rings is 3. The second kappa shape index (κ2) is 11.1. The van der Waals surface area contributed by atoms with Crippen LogP contribution in [0.1, 0.15) is 12.0 Å². The SMILES string of the molecule is O=C(COc1ccc(N2C[C@@H](C(=O)NCCc3ccccc3)CC2=O)cc1)Nc1ccccc1. The Bertz CT molecular complexity index is 1120. The average molecular weight is 458 g/mol. The normalized spacial score (nSPS) is 15.1. The van der Waals surface area contributed by atoms with Crippen molar-refractivity contribution in [2.75, 3.05) is 29.9 Å². The minimum atomic E-state index is -0.374.